The van der Waals surface area contributed by atoms with Crippen molar-refractivity contribution >= 4 is 21.6 Å². The molecular weight excluding hydrogens is 299 g/mol. The molecule has 5 heteroatoms. The van der Waals surface area contributed by atoms with E-state index < -0.39 is 6.10 Å². The zero-order chi connectivity index (χ0) is 13.0. The van der Waals surface area contributed by atoms with Crippen LogP contribution in [0.4, 0.5) is 10.1 Å². The maximum atomic E-state index is 13.5. The molecule has 1 heterocycles. The molecule has 1 atom stereocenters. The van der Waals surface area contributed by atoms with Gasteiger partial charge in [0.05, 0.1) is 11.8 Å². The molecule has 1 saturated heterocycles. The summed E-state index contributed by atoms with van der Waals surface area (Å²) >= 11 is 3.21. The molecule has 1 aromatic carbocycles. The first-order chi connectivity index (χ1) is 8.65. The van der Waals surface area contributed by atoms with Gasteiger partial charge in [-0.15, -0.1) is 0 Å². The van der Waals surface area contributed by atoms with Crippen LogP contribution in [0.1, 0.15) is 12.8 Å². The Morgan fingerprint density at radius 3 is 2.78 bits per heavy atom. The second kappa shape index (κ2) is 6.50. The van der Waals surface area contributed by atoms with E-state index in [9.17, 15) is 9.50 Å². The molecule has 1 aromatic rings. The van der Waals surface area contributed by atoms with Crippen LogP contribution < -0.4 is 5.32 Å². The largest absolute Gasteiger partial charge is 0.390 e. The lowest BCUT2D eigenvalue weighted by Gasteiger charge is -2.20. The number of benzene rings is 1. The van der Waals surface area contributed by atoms with Crippen molar-refractivity contribution in [2.45, 2.75) is 18.9 Å². The number of nitrogens with one attached hydrogen (secondary N) is 1. The Bertz CT molecular complexity index is 397. The Morgan fingerprint density at radius 2 is 2.11 bits per heavy atom. The summed E-state index contributed by atoms with van der Waals surface area (Å²) in [7, 11) is 0. The van der Waals surface area contributed by atoms with Crippen molar-refractivity contribution in [3.8, 4) is 0 Å². The van der Waals surface area contributed by atoms with Gasteiger partial charge in [-0.25, -0.2) is 4.39 Å². The number of rotatable bonds is 5. The number of halogens is 2. The number of aliphatic hydroxyl groups excluding tert-OH is 1. The normalized spacial score (nSPS) is 17.9. The molecule has 1 aliphatic rings. The minimum atomic E-state index is -0.467. The number of hydrogen-bond donors (Lipinski definition) is 2. The Kier molecular flexibility index (Phi) is 4.97. The van der Waals surface area contributed by atoms with E-state index in [0.717, 1.165) is 13.1 Å². The van der Waals surface area contributed by atoms with Crippen molar-refractivity contribution in [1.82, 2.24) is 4.90 Å². The number of likely N-dealkylation sites (tertiary alicyclic amines) is 1. The summed E-state index contributed by atoms with van der Waals surface area (Å²) in [6.07, 6.45) is 1.95. The lowest BCUT2D eigenvalue weighted by molar-refractivity contribution is 0.135. The second-order valence-corrected chi connectivity index (χ2v) is 5.58. The van der Waals surface area contributed by atoms with Crippen molar-refractivity contribution in [1.29, 1.82) is 0 Å². The molecule has 1 aliphatic heterocycles. The van der Waals surface area contributed by atoms with Gasteiger partial charge >= 0.3 is 0 Å². The highest BCUT2D eigenvalue weighted by molar-refractivity contribution is 9.10. The molecule has 0 spiro atoms. The number of β-amino-alcohol motifs (C(OH)–C–C–N with tert-alkyl or cyclic N) is 1. The topological polar surface area (TPSA) is 35.5 Å². The average molecular weight is 317 g/mol. The van der Waals surface area contributed by atoms with Crippen LogP contribution in [-0.2, 0) is 0 Å². The van der Waals surface area contributed by atoms with E-state index in [1.165, 1.54) is 18.9 Å². The van der Waals surface area contributed by atoms with Gasteiger partial charge in [0, 0.05) is 17.6 Å². The Labute approximate surface area is 115 Å². The van der Waals surface area contributed by atoms with Crippen LogP contribution in [0.5, 0.6) is 0 Å². The van der Waals surface area contributed by atoms with Crippen LogP contribution in [-0.4, -0.2) is 42.3 Å². The van der Waals surface area contributed by atoms with E-state index in [4.69, 9.17) is 0 Å². The molecule has 0 amide bonds. The van der Waals surface area contributed by atoms with E-state index in [2.05, 4.69) is 26.1 Å². The highest BCUT2D eigenvalue weighted by atomic mass is 79.9. The third-order valence-electron chi connectivity index (χ3n) is 3.13. The number of anilines is 1. The van der Waals surface area contributed by atoms with Gasteiger partial charge in [-0.2, -0.15) is 0 Å². The minimum absolute atomic E-state index is 0.308. The highest BCUT2D eigenvalue weighted by Gasteiger charge is 2.15. The third kappa shape index (κ3) is 3.93. The molecule has 100 valence electrons. The van der Waals surface area contributed by atoms with Gasteiger partial charge in [-0.1, -0.05) is 15.9 Å². The van der Waals surface area contributed by atoms with Crippen LogP contribution in [0, 0.1) is 5.82 Å². The predicted octanol–water partition coefficient (Wildman–Crippen LogP) is 2.46. The molecule has 2 N–H and O–H groups in total. The molecule has 2 rings (SSSR count). The van der Waals surface area contributed by atoms with Crippen LogP contribution in [0.2, 0.25) is 0 Å². The van der Waals surface area contributed by atoms with Crippen molar-refractivity contribution in [2.24, 2.45) is 0 Å². The molecular formula is C13H18BrFN2O. The van der Waals surface area contributed by atoms with Gasteiger partial charge in [0.1, 0.15) is 5.82 Å². The van der Waals surface area contributed by atoms with Crippen LogP contribution >= 0.6 is 15.9 Å². The fourth-order valence-electron chi connectivity index (χ4n) is 2.19. The van der Waals surface area contributed by atoms with Crippen molar-refractivity contribution in [3.05, 3.63) is 28.5 Å². The Morgan fingerprint density at radius 1 is 1.39 bits per heavy atom. The Balaban J connectivity index is 1.79. The van der Waals surface area contributed by atoms with E-state index in [1.807, 2.05) is 0 Å². The summed E-state index contributed by atoms with van der Waals surface area (Å²) < 4.78 is 14.2. The second-order valence-electron chi connectivity index (χ2n) is 4.67. The molecule has 1 unspecified atom stereocenters. The van der Waals surface area contributed by atoms with Gasteiger partial charge < -0.3 is 15.3 Å². The third-order valence-corrected chi connectivity index (χ3v) is 3.62. The fraction of sp³-hybridized carbons (Fsp3) is 0.538. The molecule has 0 aliphatic carbocycles. The minimum Gasteiger partial charge on any atom is -0.390 e. The van der Waals surface area contributed by atoms with Gasteiger partial charge in [0.25, 0.3) is 0 Å². The summed E-state index contributed by atoms with van der Waals surface area (Å²) in [5.74, 6) is -0.308. The van der Waals surface area contributed by atoms with E-state index in [1.54, 1.807) is 12.1 Å². The molecule has 18 heavy (non-hydrogen) atoms. The Hall–Kier alpha value is -0.650. The first-order valence-corrected chi connectivity index (χ1v) is 7.04. The van der Waals surface area contributed by atoms with E-state index in [0.29, 0.717) is 23.2 Å². The summed E-state index contributed by atoms with van der Waals surface area (Å²) in [4.78, 5) is 2.24. The molecule has 0 saturated carbocycles. The summed E-state index contributed by atoms with van der Waals surface area (Å²) in [6, 6.07) is 4.86. The summed E-state index contributed by atoms with van der Waals surface area (Å²) in [6.45, 7) is 3.15. The lowest BCUT2D eigenvalue weighted by atomic mass is 10.2. The van der Waals surface area contributed by atoms with E-state index in [-0.39, 0.29) is 5.82 Å². The van der Waals surface area contributed by atoms with Gasteiger partial charge in [0.2, 0.25) is 0 Å². The standard InChI is InChI=1S/C13H18BrFN2O/c14-10-3-4-13(12(15)7-10)16-8-11(18)9-17-5-1-2-6-17/h3-4,7,11,16,18H,1-2,5-6,8-9H2. The lowest BCUT2D eigenvalue weighted by Crippen LogP contribution is -2.34. The smallest absolute Gasteiger partial charge is 0.147 e. The van der Waals surface area contributed by atoms with Crippen molar-refractivity contribution in [2.75, 3.05) is 31.5 Å². The molecule has 0 bridgehead atoms. The summed E-state index contributed by atoms with van der Waals surface area (Å²) in [5.41, 5.74) is 0.429. The maximum absolute atomic E-state index is 13.5. The average Bonchev–Trinajstić information content (AvgIpc) is 2.80. The SMILES string of the molecule is OC(CNc1ccc(Br)cc1F)CN1CCCC1. The van der Waals surface area contributed by atoms with Gasteiger partial charge in [-0.3, -0.25) is 0 Å². The number of nitrogens with zero attached hydrogens (tertiary/aromatic N) is 1. The zero-order valence-corrected chi connectivity index (χ0v) is 11.8. The first-order valence-electron chi connectivity index (χ1n) is 6.24. The van der Waals surface area contributed by atoms with Crippen LogP contribution in [0.25, 0.3) is 0 Å². The monoisotopic (exact) mass is 316 g/mol. The van der Waals surface area contributed by atoms with Gasteiger partial charge in [0.15, 0.2) is 0 Å². The molecule has 0 aromatic heterocycles. The van der Waals surface area contributed by atoms with E-state index >= 15 is 0 Å². The quantitative estimate of drug-likeness (QED) is 0.876. The van der Waals surface area contributed by atoms with Crippen LogP contribution in [0.15, 0.2) is 22.7 Å². The fourth-order valence-corrected chi connectivity index (χ4v) is 2.52. The molecule has 3 nitrogen and oxygen atoms in total. The zero-order valence-electron chi connectivity index (χ0n) is 10.2. The maximum Gasteiger partial charge on any atom is 0.147 e. The highest BCUT2D eigenvalue weighted by Crippen LogP contribution is 2.19. The van der Waals surface area contributed by atoms with Crippen molar-refractivity contribution in [3.63, 3.8) is 0 Å². The number of aliphatic hydroxyl groups is 1. The first kappa shape index (κ1) is 13.8. The summed E-state index contributed by atoms with van der Waals surface area (Å²) in [5, 5.41) is 12.8. The number of hydrogen-bond acceptors (Lipinski definition) is 3. The van der Waals surface area contributed by atoms with Crippen LogP contribution in [0.3, 0.4) is 0 Å². The van der Waals surface area contributed by atoms with Crippen molar-refractivity contribution < 1.29 is 9.50 Å². The molecule has 0 radical (unpaired) electrons. The predicted molar refractivity (Wildman–Crippen MR) is 74.3 cm³/mol. The van der Waals surface area contributed by atoms with Gasteiger partial charge in [-0.05, 0) is 44.1 Å². The molecule has 1 fully saturated rings.